The molecule has 0 bridgehead atoms. The summed E-state index contributed by atoms with van der Waals surface area (Å²) < 4.78 is 0. The second-order valence-electron chi connectivity index (χ2n) is 4.80. The van der Waals surface area contributed by atoms with E-state index in [0.29, 0.717) is 25.0 Å². The molecule has 2 rings (SSSR count). The number of carboxylic acid groups (broad SMARTS) is 1. The minimum absolute atomic E-state index is 0.454. The number of nitrogens with zero attached hydrogens (tertiary/aromatic N) is 2. The topological polar surface area (TPSA) is 60.9 Å². The molecule has 2 fully saturated rings. The minimum atomic E-state index is -1.33. The largest absolute Gasteiger partial charge is 0.474 e. The maximum absolute atomic E-state index is 11.4. The van der Waals surface area contributed by atoms with Crippen LogP contribution in [0.15, 0.2) is 0 Å². The van der Waals surface area contributed by atoms with Crippen molar-refractivity contribution in [3.05, 3.63) is 0 Å². The molecular weight excluding hydrogens is 208 g/mol. The summed E-state index contributed by atoms with van der Waals surface area (Å²) in [6.45, 7) is 2.31. The van der Waals surface area contributed by atoms with Gasteiger partial charge in [0.15, 0.2) is 0 Å². The maximum Gasteiger partial charge on any atom is 0.394 e. The average molecular weight is 226 g/mol. The fourth-order valence-corrected chi connectivity index (χ4v) is 2.97. The zero-order chi connectivity index (χ0) is 11.7. The molecule has 1 N–H and O–H groups in total. The first-order valence-corrected chi connectivity index (χ1v) is 5.82. The lowest BCUT2D eigenvalue weighted by atomic mass is 9.84. The Balaban J connectivity index is 2.00. The Morgan fingerprint density at radius 3 is 2.69 bits per heavy atom. The van der Waals surface area contributed by atoms with E-state index in [1.54, 1.807) is 0 Å². The highest BCUT2D eigenvalue weighted by Crippen LogP contribution is 2.29. The molecule has 2 aliphatic heterocycles. The van der Waals surface area contributed by atoms with Gasteiger partial charge in [0.05, 0.1) is 0 Å². The fraction of sp³-hybridized carbons (Fsp3) is 0.818. The van der Waals surface area contributed by atoms with Crippen LogP contribution in [0, 0.1) is 5.92 Å². The smallest absolute Gasteiger partial charge is 0.394 e. The van der Waals surface area contributed by atoms with Crippen LogP contribution < -0.4 is 0 Å². The van der Waals surface area contributed by atoms with Gasteiger partial charge in [0, 0.05) is 19.1 Å². The summed E-state index contributed by atoms with van der Waals surface area (Å²) in [7, 11) is 2.12. The molecule has 5 nitrogen and oxygen atoms in total. The molecule has 2 atom stereocenters. The van der Waals surface area contributed by atoms with E-state index >= 15 is 0 Å². The summed E-state index contributed by atoms with van der Waals surface area (Å²) in [5.41, 5.74) is 0. The summed E-state index contributed by atoms with van der Waals surface area (Å²) >= 11 is 0. The number of carboxylic acids is 1. The van der Waals surface area contributed by atoms with Crippen LogP contribution in [0.3, 0.4) is 0 Å². The van der Waals surface area contributed by atoms with Crippen LogP contribution in [0.5, 0.6) is 0 Å². The molecular formula is C11H18N2O3. The van der Waals surface area contributed by atoms with Crippen LogP contribution in [-0.4, -0.2) is 59.5 Å². The second-order valence-corrected chi connectivity index (χ2v) is 4.80. The maximum atomic E-state index is 11.4. The number of aliphatic carboxylic acids is 1. The Morgan fingerprint density at radius 2 is 2.00 bits per heavy atom. The average Bonchev–Trinajstić information content (AvgIpc) is 2.28. The number of piperidine rings is 2. The molecule has 2 unspecified atom stereocenters. The molecule has 0 saturated carbocycles. The SMILES string of the molecule is CN1CCCC2CN(C(=O)C(=O)O)CCC21. The summed E-state index contributed by atoms with van der Waals surface area (Å²) in [4.78, 5) is 25.8. The molecule has 2 heterocycles. The predicted molar refractivity (Wildman–Crippen MR) is 58.0 cm³/mol. The van der Waals surface area contributed by atoms with Crippen molar-refractivity contribution in [2.75, 3.05) is 26.7 Å². The van der Waals surface area contributed by atoms with E-state index in [9.17, 15) is 9.59 Å². The molecule has 90 valence electrons. The third-order valence-electron chi connectivity index (χ3n) is 3.82. The van der Waals surface area contributed by atoms with Gasteiger partial charge in [-0.3, -0.25) is 4.79 Å². The summed E-state index contributed by atoms with van der Waals surface area (Å²) in [5.74, 6) is -1.62. The quantitative estimate of drug-likeness (QED) is 0.591. The number of carbonyl (C=O) groups excluding carboxylic acids is 1. The van der Waals surface area contributed by atoms with E-state index in [4.69, 9.17) is 5.11 Å². The van der Waals surface area contributed by atoms with Crippen LogP contribution in [0.1, 0.15) is 19.3 Å². The van der Waals surface area contributed by atoms with Crippen molar-refractivity contribution >= 4 is 11.9 Å². The van der Waals surface area contributed by atoms with Crippen LogP contribution in [0.25, 0.3) is 0 Å². The molecule has 0 spiro atoms. The molecule has 0 aromatic carbocycles. The Labute approximate surface area is 95.0 Å². The van der Waals surface area contributed by atoms with Gasteiger partial charge in [-0.25, -0.2) is 4.79 Å². The van der Waals surface area contributed by atoms with Crippen LogP contribution in [-0.2, 0) is 9.59 Å². The number of amides is 1. The number of fused-ring (bicyclic) bond motifs is 1. The number of hydrogen-bond donors (Lipinski definition) is 1. The molecule has 0 aliphatic carbocycles. The summed E-state index contributed by atoms with van der Waals surface area (Å²) in [6.07, 6.45) is 3.16. The van der Waals surface area contributed by atoms with Crippen molar-refractivity contribution in [3.63, 3.8) is 0 Å². The van der Waals surface area contributed by atoms with Crippen molar-refractivity contribution in [3.8, 4) is 0 Å². The van der Waals surface area contributed by atoms with Gasteiger partial charge in [-0.2, -0.15) is 0 Å². The van der Waals surface area contributed by atoms with Crippen LogP contribution in [0.2, 0.25) is 0 Å². The van der Waals surface area contributed by atoms with E-state index in [1.165, 1.54) is 4.90 Å². The summed E-state index contributed by atoms with van der Waals surface area (Å²) in [5, 5.41) is 8.68. The molecule has 1 amide bonds. The van der Waals surface area contributed by atoms with E-state index in [-0.39, 0.29) is 0 Å². The third kappa shape index (κ3) is 2.04. The molecule has 0 radical (unpaired) electrons. The van der Waals surface area contributed by atoms with Gasteiger partial charge < -0.3 is 14.9 Å². The zero-order valence-corrected chi connectivity index (χ0v) is 9.56. The van der Waals surface area contributed by atoms with Gasteiger partial charge in [-0.15, -0.1) is 0 Å². The molecule has 2 aliphatic rings. The third-order valence-corrected chi connectivity index (χ3v) is 3.82. The Kier molecular flexibility index (Phi) is 3.14. The Morgan fingerprint density at radius 1 is 1.25 bits per heavy atom. The molecule has 0 aromatic heterocycles. The van der Waals surface area contributed by atoms with Gasteiger partial charge >= 0.3 is 11.9 Å². The van der Waals surface area contributed by atoms with Crippen molar-refractivity contribution in [1.82, 2.24) is 9.80 Å². The van der Waals surface area contributed by atoms with Crippen molar-refractivity contribution in [1.29, 1.82) is 0 Å². The number of carbonyl (C=O) groups is 2. The van der Waals surface area contributed by atoms with Gasteiger partial charge in [0.1, 0.15) is 0 Å². The lowest BCUT2D eigenvalue weighted by molar-refractivity contribution is -0.157. The standard InChI is InChI=1S/C11H18N2O3/c1-12-5-2-3-8-7-13(6-4-9(8)12)10(14)11(15)16/h8-9H,2-7H2,1H3,(H,15,16). The molecule has 5 heteroatoms. The van der Waals surface area contributed by atoms with E-state index in [2.05, 4.69) is 11.9 Å². The molecule has 2 saturated heterocycles. The normalized spacial score (nSPS) is 30.9. The second kappa shape index (κ2) is 4.41. The number of hydrogen-bond acceptors (Lipinski definition) is 3. The zero-order valence-electron chi connectivity index (χ0n) is 9.56. The van der Waals surface area contributed by atoms with Crippen molar-refractivity contribution in [2.45, 2.75) is 25.3 Å². The lowest BCUT2D eigenvalue weighted by Crippen LogP contribution is -2.54. The van der Waals surface area contributed by atoms with E-state index in [0.717, 1.165) is 25.8 Å². The summed E-state index contributed by atoms with van der Waals surface area (Å²) in [6, 6.07) is 0.534. The highest BCUT2D eigenvalue weighted by atomic mass is 16.4. The van der Waals surface area contributed by atoms with Crippen molar-refractivity contribution < 1.29 is 14.7 Å². The highest BCUT2D eigenvalue weighted by Gasteiger charge is 2.36. The minimum Gasteiger partial charge on any atom is -0.474 e. The first-order valence-electron chi connectivity index (χ1n) is 5.82. The fourth-order valence-electron chi connectivity index (χ4n) is 2.97. The van der Waals surface area contributed by atoms with E-state index in [1.807, 2.05) is 0 Å². The lowest BCUT2D eigenvalue weighted by Gasteiger charge is -2.45. The number of rotatable bonds is 0. The highest BCUT2D eigenvalue weighted by molar-refractivity contribution is 6.31. The monoisotopic (exact) mass is 226 g/mol. The Bertz CT molecular complexity index is 306. The molecule has 0 aromatic rings. The Hall–Kier alpha value is -1.10. The molecule has 16 heavy (non-hydrogen) atoms. The van der Waals surface area contributed by atoms with Gasteiger partial charge in [-0.05, 0) is 38.8 Å². The predicted octanol–water partition coefficient (Wildman–Crippen LogP) is 0.0137. The van der Waals surface area contributed by atoms with Gasteiger partial charge in [-0.1, -0.05) is 0 Å². The van der Waals surface area contributed by atoms with Crippen LogP contribution >= 0.6 is 0 Å². The first kappa shape index (κ1) is 11.4. The first-order chi connectivity index (χ1) is 7.59. The number of likely N-dealkylation sites (tertiary alicyclic amines) is 2. The van der Waals surface area contributed by atoms with Gasteiger partial charge in [0.25, 0.3) is 0 Å². The van der Waals surface area contributed by atoms with Crippen LogP contribution in [0.4, 0.5) is 0 Å². The van der Waals surface area contributed by atoms with Gasteiger partial charge in [0.2, 0.25) is 0 Å². The van der Waals surface area contributed by atoms with E-state index < -0.39 is 11.9 Å². The van der Waals surface area contributed by atoms with Crippen molar-refractivity contribution in [2.24, 2.45) is 5.92 Å².